The van der Waals surface area contributed by atoms with Crippen LogP contribution in [0.2, 0.25) is 0 Å². The minimum Gasteiger partial charge on any atom is -0.511 e. The van der Waals surface area contributed by atoms with E-state index in [0.717, 1.165) is 6.07 Å². The van der Waals surface area contributed by atoms with Crippen LogP contribution < -0.4 is 14.8 Å². The second kappa shape index (κ2) is 8.21. The molecule has 15 heteroatoms. The summed E-state index contributed by atoms with van der Waals surface area (Å²) < 4.78 is 66.7. The first-order valence-corrected chi connectivity index (χ1v) is 12.2. The number of anilines is 1. The first-order valence-electron chi connectivity index (χ1n) is 10.7. The molecule has 0 saturated carbocycles. The van der Waals surface area contributed by atoms with E-state index in [-0.39, 0.29) is 18.4 Å². The van der Waals surface area contributed by atoms with Crippen molar-refractivity contribution in [3.8, 4) is 5.75 Å². The predicted octanol–water partition coefficient (Wildman–Crippen LogP) is 1.17. The van der Waals surface area contributed by atoms with Gasteiger partial charge in [0.1, 0.15) is 17.1 Å². The van der Waals surface area contributed by atoms with Crippen molar-refractivity contribution in [1.29, 1.82) is 0 Å². The van der Waals surface area contributed by atoms with E-state index in [2.05, 4.69) is 4.18 Å². The van der Waals surface area contributed by atoms with Gasteiger partial charge >= 0.3 is 15.6 Å². The van der Waals surface area contributed by atoms with Crippen LogP contribution in [0.25, 0.3) is 0 Å². The Balaban J connectivity index is 1.94. The Morgan fingerprint density at radius 1 is 1.19 bits per heavy atom. The summed E-state index contributed by atoms with van der Waals surface area (Å²) in [6.45, 7) is 0. The first kappa shape index (κ1) is 26.5. The van der Waals surface area contributed by atoms with E-state index in [9.17, 15) is 51.3 Å². The molecule has 1 aromatic carbocycles. The van der Waals surface area contributed by atoms with Gasteiger partial charge in [0.25, 0.3) is 5.91 Å². The zero-order valence-corrected chi connectivity index (χ0v) is 20.1. The molecule has 5 N–H and O–H groups in total. The number of alkyl halides is 3. The van der Waals surface area contributed by atoms with Gasteiger partial charge in [-0.05, 0) is 36.5 Å². The topological polar surface area (TPSA) is 185 Å². The fourth-order valence-corrected chi connectivity index (χ4v) is 5.71. The Labute approximate surface area is 207 Å². The molecule has 0 saturated heterocycles. The van der Waals surface area contributed by atoms with Gasteiger partial charge in [0, 0.05) is 37.7 Å². The van der Waals surface area contributed by atoms with Crippen LogP contribution in [-0.2, 0) is 26.1 Å². The number of Topliss-reactive ketones (excluding diaryl/α,β-unsaturated/α-hetero) is 2. The number of carbonyl (C=O) groups excluding carboxylic acids is 3. The number of carbonyl (C=O) groups is 3. The number of aliphatic hydroxyl groups is 3. The average molecular weight is 546 g/mol. The number of hydrogen-bond acceptors (Lipinski definition) is 10. The number of hydrogen-bond donors (Lipinski definition) is 4. The number of nitrogens with two attached hydrogens (primary N) is 1. The van der Waals surface area contributed by atoms with E-state index < -0.39 is 90.9 Å². The van der Waals surface area contributed by atoms with E-state index in [1.54, 1.807) is 14.1 Å². The van der Waals surface area contributed by atoms with Gasteiger partial charge in [-0.25, -0.2) is 0 Å². The highest BCUT2D eigenvalue weighted by atomic mass is 32.2. The van der Waals surface area contributed by atoms with E-state index in [0.29, 0.717) is 5.69 Å². The first-order chi connectivity index (χ1) is 16.9. The van der Waals surface area contributed by atoms with Gasteiger partial charge in [0.15, 0.2) is 17.1 Å². The quantitative estimate of drug-likeness (QED) is 0.243. The number of nitrogens with zero attached hydrogens (tertiary/aromatic N) is 1. The van der Waals surface area contributed by atoms with Crippen molar-refractivity contribution in [3.05, 3.63) is 45.9 Å². The molecule has 4 rings (SSSR count). The Morgan fingerprint density at radius 2 is 1.81 bits per heavy atom. The number of halogens is 3. The second-order valence-corrected chi connectivity index (χ2v) is 10.8. The molecule has 1 amide bonds. The minimum absolute atomic E-state index is 0.120. The number of fused-ring (bicyclic) bond motifs is 3. The standard InChI is InChI=1S/C22H21F3N2O9S/c1-27(2)11-3-4-13(36-37(34,35)22(23,24)25)15-10(11)6-8-5-9-7-12(28)16(20(26)32)19(31)21(9,33)18(30)14(8)17(15)29/h3-4,8-9,28,30,33H,5-7H2,1-2H3,(H2,26,32)/t8-,9+,21+/m1/s1. The highest BCUT2D eigenvalue weighted by Crippen LogP contribution is 2.52. The molecular formula is C22H21F3N2O9S. The van der Waals surface area contributed by atoms with Crippen molar-refractivity contribution < 1.29 is 55.5 Å². The molecule has 3 atom stereocenters. The number of ketones is 2. The maximum absolute atomic E-state index is 13.6. The van der Waals surface area contributed by atoms with Gasteiger partial charge in [-0.2, -0.15) is 21.6 Å². The number of primary amides is 1. The third-order valence-corrected chi connectivity index (χ3v) is 7.84. The van der Waals surface area contributed by atoms with Crippen LogP contribution in [0.4, 0.5) is 18.9 Å². The van der Waals surface area contributed by atoms with E-state index in [4.69, 9.17) is 5.73 Å². The van der Waals surface area contributed by atoms with Gasteiger partial charge in [-0.1, -0.05) is 0 Å². The Morgan fingerprint density at radius 3 is 2.35 bits per heavy atom. The molecule has 0 fully saturated rings. The van der Waals surface area contributed by atoms with Crippen molar-refractivity contribution in [3.63, 3.8) is 0 Å². The minimum atomic E-state index is -6.18. The molecule has 1 aromatic rings. The third-order valence-electron chi connectivity index (χ3n) is 6.87. The van der Waals surface area contributed by atoms with Crippen LogP contribution in [0.5, 0.6) is 5.75 Å². The highest BCUT2D eigenvalue weighted by molar-refractivity contribution is 7.88. The van der Waals surface area contributed by atoms with Crippen LogP contribution in [-0.4, -0.2) is 66.4 Å². The summed E-state index contributed by atoms with van der Waals surface area (Å²) >= 11 is 0. The monoisotopic (exact) mass is 546 g/mol. The van der Waals surface area contributed by atoms with Crippen molar-refractivity contribution in [2.45, 2.75) is 30.4 Å². The van der Waals surface area contributed by atoms with E-state index in [1.807, 2.05) is 0 Å². The van der Waals surface area contributed by atoms with Crippen molar-refractivity contribution in [2.24, 2.45) is 17.6 Å². The van der Waals surface area contributed by atoms with Gasteiger partial charge < -0.3 is 30.1 Å². The maximum atomic E-state index is 13.6. The molecule has 3 aliphatic carbocycles. The van der Waals surface area contributed by atoms with Crippen LogP contribution in [0.15, 0.2) is 34.8 Å². The fraction of sp³-hybridized carbons (Fsp3) is 0.409. The molecule has 200 valence electrons. The van der Waals surface area contributed by atoms with Gasteiger partial charge in [0.05, 0.1) is 5.56 Å². The molecule has 37 heavy (non-hydrogen) atoms. The van der Waals surface area contributed by atoms with Crippen LogP contribution in [0.3, 0.4) is 0 Å². The third kappa shape index (κ3) is 3.75. The molecule has 0 unspecified atom stereocenters. The van der Waals surface area contributed by atoms with Gasteiger partial charge in [-0.3, -0.25) is 14.4 Å². The molecule has 0 aromatic heterocycles. The van der Waals surface area contributed by atoms with Crippen molar-refractivity contribution >= 4 is 33.3 Å². The summed E-state index contributed by atoms with van der Waals surface area (Å²) in [4.78, 5) is 39.8. The van der Waals surface area contributed by atoms with Gasteiger partial charge in [0.2, 0.25) is 5.78 Å². The summed E-state index contributed by atoms with van der Waals surface area (Å²) in [7, 11) is -3.03. The Hall–Kier alpha value is -3.59. The van der Waals surface area contributed by atoms with Gasteiger partial charge in [-0.15, -0.1) is 0 Å². The largest absolute Gasteiger partial charge is 0.534 e. The summed E-state index contributed by atoms with van der Waals surface area (Å²) in [5.41, 5.74) is -5.13. The van der Waals surface area contributed by atoms with E-state index in [1.165, 1.54) is 11.0 Å². The predicted molar refractivity (Wildman–Crippen MR) is 119 cm³/mol. The number of benzene rings is 1. The summed E-state index contributed by atoms with van der Waals surface area (Å²) in [5, 5.41) is 32.4. The fourth-order valence-electron chi connectivity index (χ4n) is 5.24. The van der Waals surface area contributed by atoms with Crippen molar-refractivity contribution in [1.82, 2.24) is 0 Å². The number of amides is 1. The van der Waals surface area contributed by atoms with Crippen molar-refractivity contribution in [2.75, 3.05) is 19.0 Å². The SMILES string of the molecule is CN(C)c1ccc(OS(=O)(=O)C(F)(F)F)c2c1C[C@H]1C[C@H]3CC(O)=C(C(N)=O)C(=O)[C@@]3(O)C(O)=C1C2=O. The van der Waals surface area contributed by atoms with Crippen LogP contribution in [0, 0.1) is 11.8 Å². The number of rotatable bonds is 4. The molecule has 0 aliphatic heterocycles. The summed E-state index contributed by atoms with van der Waals surface area (Å²) in [6.07, 6.45) is -0.699. The molecule has 0 radical (unpaired) electrons. The lowest BCUT2D eigenvalue weighted by Crippen LogP contribution is -2.57. The Kier molecular flexibility index (Phi) is 5.87. The van der Waals surface area contributed by atoms with E-state index >= 15 is 0 Å². The number of aliphatic hydroxyl groups excluding tert-OH is 2. The Bertz CT molecular complexity index is 1430. The molecule has 0 spiro atoms. The lowest BCUT2D eigenvalue weighted by atomic mass is 9.60. The molecule has 0 bridgehead atoms. The molecule has 11 nitrogen and oxygen atoms in total. The second-order valence-electron chi connectivity index (χ2n) is 9.22. The van der Waals surface area contributed by atoms with Crippen LogP contribution in [0.1, 0.15) is 28.8 Å². The molecule has 3 aliphatic rings. The normalized spacial score (nSPS) is 25.9. The zero-order valence-electron chi connectivity index (χ0n) is 19.3. The number of allylic oxidation sites excluding steroid dienone is 2. The average Bonchev–Trinajstić information content (AvgIpc) is 2.74. The summed E-state index contributed by atoms with van der Waals surface area (Å²) in [5.74, 6) is -8.82. The zero-order chi connectivity index (χ0) is 27.8. The lowest BCUT2D eigenvalue weighted by molar-refractivity contribution is -0.144. The van der Waals surface area contributed by atoms with Crippen LogP contribution >= 0.6 is 0 Å². The summed E-state index contributed by atoms with van der Waals surface area (Å²) in [6, 6.07) is 2.12. The maximum Gasteiger partial charge on any atom is 0.534 e. The molecular weight excluding hydrogens is 525 g/mol. The highest BCUT2D eigenvalue weighted by Gasteiger charge is 2.60. The molecule has 0 heterocycles. The smallest absolute Gasteiger partial charge is 0.511 e. The lowest BCUT2D eigenvalue weighted by Gasteiger charge is -2.45.